The molecule has 0 saturated carbocycles. The molecule has 2 N–H and O–H groups in total. The summed E-state index contributed by atoms with van der Waals surface area (Å²) in [6, 6.07) is 18.0. The van der Waals surface area contributed by atoms with Gasteiger partial charge >= 0.3 is 6.03 Å². The normalized spacial score (nSPS) is 18.6. The first kappa shape index (κ1) is 23.3. The van der Waals surface area contributed by atoms with E-state index >= 15 is 0 Å². The van der Waals surface area contributed by atoms with Gasteiger partial charge in [-0.3, -0.25) is 4.90 Å². The van der Waals surface area contributed by atoms with Gasteiger partial charge in [0.25, 0.3) is 0 Å². The third kappa shape index (κ3) is 5.80. The summed E-state index contributed by atoms with van der Waals surface area (Å²) in [4.78, 5) is 14.6. The number of piperidine rings is 1. The predicted molar refractivity (Wildman–Crippen MR) is 131 cm³/mol. The van der Waals surface area contributed by atoms with Crippen molar-refractivity contribution in [2.45, 2.75) is 51.2 Å². The van der Waals surface area contributed by atoms with E-state index in [1.165, 1.54) is 0 Å². The highest BCUT2D eigenvalue weighted by molar-refractivity contribution is 5.74. The quantitative estimate of drug-likeness (QED) is 0.545. The van der Waals surface area contributed by atoms with Gasteiger partial charge in [-0.25, -0.2) is 9.48 Å². The van der Waals surface area contributed by atoms with Crippen LogP contribution in [0.1, 0.15) is 41.5 Å². The van der Waals surface area contributed by atoms with Gasteiger partial charge in [-0.05, 0) is 36.1 Å². The number of aromatic nitrogens is 3. The molecule has 2 amide bonds. The Kier molecular flexibility index (Phi) is 7.25. The molecule has 1 atom stereocenters. The van der Waals surface area contributed by atoms with Gasteiger partial charge in [0, 0.05) is 32.2 Å². The van der Waals surface area contributed by atoms with Crippen LogP contribution in [0, 0.1) is 0 Å². The number of amides is 2. The molecule has 1 unspecified atom stereocenters. The zero-order valence-electron chi connectivity index (χ0n) is 20.0. The lowest BCUT2D eigenvalue weighted by Crippen LogP contribution is -2.47. The number of rotatable bonds is 7. The van der Waals surface area contributed by atoms with Gasteiger partial charge in [-0.1, -0.05) is 47.7 Å². The van der Waals surface area contributed by atoms with Gasteiger partial charge in [0.05, 0.1) is 26.0 Å². The van der Waals surface area contributed by atoms with Gasteiger partial charge in [0.1, 0.15) is 17.5 Å². The number of carbonyl (C=O) groups is 1. The minimum absolute atomic E-state index is 0.0437. The lowest BCUT2D eigenvalue weighted by molar-refractivity contribution is -0.00218. The number of nitrogens with one attached hydrogen (secondary N) is 2. The van der Waals surface area contributed by atoms with Crippen LogP contribution >= 0.6 is 0 Å². The van der Waals surface area contributed by atoms with Gasteiger partial charge < -0.3 is 20.1 Å². The Bertz CT molecular complexity index is 1110. The molecule has 0 bridgehead atoms. The summed E-state index contributed by atoms with van der Waals surface area (Å²) < 4.78 is 13.4. The Morgan fingerprint density at radius 2 is 1.89 bits per heavy atom. The molecule has 9 heteroatoms. The van der Waals surface area contributed by atoms with Crippen molar-refractivity contribution in [3.8, 4) is 5.75 Å². The highest BCUT2D eigenvalue weighted by atomic mass is 16.5. The first-order chi connectivity index (χ1) is 17.2. The lowest BCUT2D eigenvalue weighted by Gasteiger charge is -2.32. The van der Waals surface area contributed by atoms with Crippen molar-refractivity contribution in [3.05, 3.63) is 77.1 Å². The summed E-state index contributed by atoms with van der Waals surface area (Å²) in [5, 5.41) is 14.9. The Morgan fingerprint density at radius 3 is 2.63 bits per heavy atom. The number of hydrogen-bond donors (Lipinski definition) is 2. The summed E-state index contributed by atoms with van der Waals surface area (Å²) >= 11 is 0. The fourth-order valence-corrected chi connectivity index (χ4v) is 4.67. The van der Waals surface area contributed by atoms with Crippen LogP contribution in [0.4, 0.5) is 4.79 Å². The van der Waals surface area contributed by atoms with E-state index in [4.69, 9.17) is 9.47 Å². The number of nitrogens with zero attached hydrogens (tertiary/aromatic N) is 4. The van der Waals surface area contributed by atoms with E-state index in [9.17, 15) is 4.79 Å². The van der Waals surface area contributed by atoms with Crippen LogP contribution in [0.25, 0.3) is 0 Å². The molecular formula is C26H32N6O3. The van der Waals surface area contributed by atoms with Crippen molar-refractivity contribution < 1.29 is 14.3 Å². The third-order valence-electron chi connectivity index (χ3n) is 6.76. The van der Waals surface area contributed by atoms with Crippen LogP contribution in [0.2, 0.25) is 0 Å². The van der Waals surface area contributed by atoms with Crippen LogP contribution in [0.15, 0.2) is 54.6 Å². The van der Waals surface area contributed by atoms with Crippen LogP contribution in [0.5, 0.6) is 5.75 Å². The first-order valence-electron chi connectivity index (χ1n) is 12.2. The molecular weight excluding hydrogens is 444 g/mol. The number of hydrogen-bond acceptors (Lipinski definition) is 6. The van der Waals surface area contributed by atoms with E-state index in [2.05, 4.69) is 25.8 Å². The number of benzene rings is 2. The van der Waals surface area contributed by atoms with Crippen molar-refractivity contribution in [1.29, 1.82) is 0 Å². The van der Waals surface area contributed by atoms with Crippen molar-refractivity contribution in [1.82, 2.24) is 30.5 Å². The zero-order chi connectivity index (χ0) is 24.0. The molecule has 3 aromatic rings. The topological polar surface area (TPSA) is 93.5 Å². The van der Waals surface area contributed by atoms with Crippen molar-refractivity contribution in [3.63, 3.8) is 0 Å². The first-order valence-corrected chi connectivity index (χ1v) is 12.2. The summed E-state index contributed by atoms with van der Waals surface area (Å²) in [7, 11) is 1.66. The standard InChI is InChI=1S/C26H32N6O3/c1-34-22-9-7-20(8-10-22)25-17-32-24(18-35-25)23(29-30-32)16-31-13-11-21(12-14-31)28-26(33)27-15-19-5-3-2-4-6-19/h2-10,21,25H,11-18H2,1H3,(H2,27,28,33). The van der Waals surface area contributed by atoms with Crippen LogP contribution in [-0.2, 0) is 31.0 Å². The van der Waals surface area contributed by atoms with E-state index in [-0.39, 0.29) is 18.2 Å². The average molecular weight is 477 g/mol. The predicted octanol–water partition coefficient (Wildman–Crippen LogP) is 3.02. The second-order valence-electron chi connectivity index (χ2n) is 9.10. The van der Waals surface area contributed by atoms with E-state index in [0.717, 1.165) is 60.7 Å². The molecule has 1 fully saturated rings. The van der Waals surface area contributed by atoms with E-state index in [0.29, 0.717) is 19.7 Å². The maximum absolute atomic E-state index is 12.3. The van der Waals surface area contributed by atoms with Crippen LogP contribution in [0.3, 0.4) is 0 Å². The van der Waals surface area contributed by atoms with E-state index in [1.807, 2.05) is 59.3 Å². The van der Waals surface area contributed by atoms with E-state index in [1.54, 1.807) is 7.11 Å². The van der Waals surface area contributed by atoms with Gasteiger partial charge in [0.15, 0.2) is 0 Å². The summed E-state index contributed by atoms with van der Waals surface area (Å²) in [6.07, 6.45) is 1.79. The zero-order valence-corrected chi connectivity index (χ0v) is 20.0. The fourth-order valence-electron chi connectivity index (χ4n) is 4.67. The minimum atomic E-state index is -0.108. The smallest absolute Gasteiger partial charge is 0.315 e. The third-order valence-corrected chi connectivity index (χ3v) is 6.76. The van der Waals surface area contributed by atoms with E-state index < -0.39 is 0 Å². The molecule has 0 radical (unpaired) electrons. The molecule has 35 heavy (non-hydrogen) atoms. The monoisotopic (exact) mass is 476 g/mol. The molecule has 2 aliphatic heterocycles. The molecule has 2 aliphatic rings. The number of ether oxygens (including phenoxy) is 2. The number of methoxy groups -OCH3 is 1. The average Bonchev–Trinajstić information content (AvgIpc) is 3.31. The summed E-state index contributed by atoms with van der Waals surface area (Å²) in [6.45, 7) is 4.25. The molecule has 0 spiro atoms. The molecule has 3 heterocycles. The van der Waals surface area contributed by atoms with Gasteiger partial charge in [-0.15, -0.1) is 5.10 Å². The SMILES string of the molecule is COc1ccc(C2Cn3nnc(CN4CCC(NC(=O)NCc5ccccc5)CC4)c3CO2)cc1. The summed E-state index contributed by atoms with van der Waals surface area (Å²) in [5.41, 5.74) is 4.23. The molecule has 5 rings (SSSR count). The molecule has 1 saturated heterocycles. The van der Waals surface area contributed by atoms with Gasteiger partial charge in [-0.2, -0.15) is 0 Å². The molecule has 0 aliphatic carbocycles. The van der Waals surface area contributed by atoms with Gasteiger partial charge in [0.2, 0.25) is 0 Å². The maximum atomic E-state index is 12.3. The Labute approximate surface area is 205 Å². The number of likely N-dealkylation sites (tertiary alicyclic amines) is 1. The number of carbonyl (C=O) groups excluding carboxylic acids is 1. The van der Waals surface area contributed by atoms with Crippen molar-refractivity contribution >= 4 is 6.03 Å². The Morgan fingerprint density at radius 1 is 1.11 bits per heavy atom. The molecule has 2 aromatic carbocycles. The lowest BCUT2D eigenvalue weighted by atomic mass is 10.0. The highest BCUT2D eigenvalue weighted by Crippen LogP contribution is 2.28. The van der Waals surface area contributed by atoms with Crippen LogP contribution in [-0.4, -0.2) is 52.2 Å². The molecule has 9 nitrogen and oxygen atoms in total. The van der Waals surface area contributed by atoms with Crippen LogP contribution < -0.4 is 15.4 Å². The Hall–Kier alpha value is -3.43. The summed E-state index contributed by atoms with van der Waals surface area (Å²) in [5.74, 6) is 0.833. The number of fused-ring (bicyclic) bond motifs is 1. The van der Waals surface area contributed by atoms with Crippen molar-refractivity contribution in [2.75, 3.05) is 20.2 Å². The minimum Gasteiger partial charge on any atom is -0.497 e. The number of urea groups is 1. The second kappa shape index (κ2) is 10.9. The molecule has 184 valence electrons. The van der Waals surface area contributed by atoms with Crippen molar-refractivity contribution in [2.24, 2.45) is 0 Å². The maximum Gasteiger partial charge on any atom is 0.315 e. The fraction of sp³-hybridized carbons (Fsp3) is 0.423. The highest BCUT2D eigenvalue weighted by Gasteiger charge is 2.27. The Balaban J connectivity index is 1.08. The molecule has 1 aromatic heterocycles. The second-order valence-corrected chi connectivity index (χ2v) is 9.10. The largest absolute Gasteiger partial charge is 0.497 e.